The van der Waals surface area contributed by atoms with Crippen LogP contribution >= 0.6 is 0 Å². The number of carbonyl (C=O) groups excluding carboxylic acids is 2. The van der Waals surface area contributed by atoms with E-state index in [2.05, 4.69) is 15.7 Å². The third-order valence-corrected chi connectivity index (χ3v) is 3.75. The smallest absolute Gasteiger partial charge is 0.247 e. The van der Waals surface area contributed by atoms with Gasteiger partial charge in [0.05, 0.1) is 17.9 Å². The van der Waals surface area contributed by atoms with Crippen molar-refractivity contribution in [2.75, 3.05) is 18.5 Å². The topological polar surface area (TPSA) is 85.2 Å². The zero-order chi connectivity index (χ0) is 13.9. The van der Waals surface area contributed by atoms with Crippen molar-refractivity contribution in [1.29, 1.82) is 0 Å². The van der Waals surface area contributed by atoms with Crippen LogP contribution in [0.4, 0.5) is 5.69 Å². The average Bonchev–Trinajstić information content (AvgIpc) is 3.09. The van der Waals surface area contributed by atoms with Crippen molar-refractivity contribution in [3.8, 4) is 0 Å². The first-order valence-corrected chi connectivity index (χ1v) is 6.94. The van der Waals surface area contributed by atoms with Crippen LogP contribution in [0.2, 0.25) is 0 Å². The van der Waals surface area contributed by atoms with E-state index in [-0.39, 0.29) is 11.8 Å². The molecule has 0 unspecified atom stereocenters. The van der Waals surface area contributed by atoms with Gasteiger partial charge in [-0.25, -0.2) is 0 Å². The molecule has 0 aromatic carbocycles. The maximum Gasteiger partial charge on any atom is 0.247 e. The van der Waals surface area contributed by atoms with Gasteiger partial charge in [-0.2, -0.15) is 5.10 Å². The summed E-state index contributed by atoms with van der Waals surface area (Å²) in [6, 6.07) is -0.0884. The average molecular weight is 278 g/mol. The van der Waals surface area contributed by atoms with Gasteiger partial charge in [-0.3, -0.25) is 14.3 Å². The molecule has 0 bridgehead atoms. The highest BCUT2D eigenvalue weighted by atomic mass is 16.5. The molecule has 2 saturated heterocycles. The Morgan fingerprint density at radius 2 is 2.20 bits per heavy atom. The van der Waals surface area contributed by atoms with Crippen molar-refractivity contribution in [2.45, 2.75) is 37.8 Å². The van der Waals surface area contributed by atoms with E-state index in [4.69, 9.17) is 4.74 Å². The van der Waals surface area contributed by atoms with Crippen molar-refractivity contribution >= 4 is 17.5 Å². The molecule has 2 N–H and O–H groups in total. The minimum Gasteiger partial charge on any atom is -0.381 e. The van der Waals surface area contributed by atoms with Gasteiger partial charge in [-0.05, 0) is 19.3 Å². The number of aromatic nitrogens is 2. The number of amides is 2. The molecule has 3 rings (SSSR count). The fourth-order valence-electron chi connectivity index (χ4n) is 2.59. The molecule has 0 saturated carbocycles. The monoisotopic (exact) mass is 278 g/mol. The van der Waals surface area contributed by atoms with Crippen LogP contribution in [0.3, 0.4) is 0 Å². The molecule has 0 radical (unpaired) electrons. The fourth-order valence-corrected chi connectivity index (χ4v) is 2.59. The minimum atomic E-state index is -0.422. The highest BCUT2D eigenvalue weighted by molar-refractivity contribution is 5.98. The van der Waals surface area contributed by atoms with Crippen LogP contribution in [-0.4, -0.2) is 40.9 Å². The van der Waals surface area contributed by atoms with E-state index in [1.54, 1.807) is 6.20 Å². The molecular formula is C13H18N4O3. The Bertz CT molecular complexity index is 507. The second-order valence-corrected chi connectivity index (χ2v) is 5.20. The van der Waals surface area contributed by atoms with Crippen LogP contribution in [0, 0.1) is 0 Å². The third kappa shape index (κ3) is 2.82. The number of carbonyl (C=O) groups is 2. The Morgan fingerprint density at radius 1 is 1.40 bits per heavy atom. The summed E-state index contributed by atoms with van der Waals surface area (Å²) in [6.45, 7) is 1.50. The SMILES string of the molecule is O=C1CC[C@H](C(=O)Nc2cnn(C3CCOCC3)c2)N1. The van der Waals surface area contributed by atoms with Gasteiger partial charge in [-0.15, -0.1) is 0 Å². The molecule has 2 aliphatic rings. The van der Waals surface area contributed by atoms with Crippen LogP contribution in [0.25, 0.3) is 0 Å². The largest absolute Gasteiger partial charge is 0.381 e. The van der Waals surface area contributed by atoms with Crippen LogP contribution in [0.5, 0.6) is 0 Å². The summed E-state index contributed by atoms with van der Waals surface area (Å²) < 4.78 is 7.20. The summed E-state index contributed by atoms with van der Waals surface area (Å²) in [5, 5.41) is 9.74. The number of ether oxygens (including phenoxy) is 1. The van der Waals surface area contributed by atoms with Crippen LogP contribution in [0.1, 0.15) is 31.7 Å². The molecule has 2 aliphatic heterocycles. The maximum atomic E-state index is 12.0. The summed E-state index contributed by atoms with van der Waals surface area (Å²) in [6.07, 6.45) is 6.33. The van der Waals surface area contributed by atoms with E-state index < -0.39 is 6.04 Å². The lowest BCUT2D eigenvalue weighted by Gasteiger charge is -2.22. The molecule has 108 valence electrons. The molecule has 20 heavy (non-hydrogen) atoms. The Hall–Kier alpha value is -1.89. The molecule has 3 heterocycles. The van der Waals surface area contributed by atoms with Crippen molar-refractivity contribution in [2.24, 2.45) is 0 Å². The first-order chi connectivity index (χ1) is 9.72. The highest BCUT2D eigenvalue weighted by Crippen LogP contribution is 2.21. The van der Waals surface area contributed by atoms with Gasteiger partial charge in [0.15, 0.2) is 0 Å². The van der Waals surface area contributed by atoms with Crippen LogP contribution in [0.15, 0.2) is 12.4 Å². The third-order valence-electron chi connectivity index (χ3n) is 3.75. The second-order valence-electron chi connectivity index (χ2n) is 5.20. The normalized spacial score (nSPS) is 23.6. The summed E-state index contributed by atoms with van der Waals surface area (Å²) in [4.78, 5) is 23.1. The summed E-state index contributed by atoms with van der Waals surface area (Å²) in [5.74, 6) is -0.245. The summed E-state index contributed by atoms with van der Waals surface area (Å²) in [7, 11) is 0. The molecule has 2 fully saturated rings. The molecule has 0 aliphatic carbocycles. The lowest BCUT2D eigenvalue weighted by Crippen LogP contribution is -2.37. The van der Waals surface area contributed by atoms with E-state index in [0.29, 0.717) is 24.6 Å². The van der Waals surface area contributed by atoms with Crippen molar-refractivity contribution < 1.29 is 14.3 Å². The van der Waals surface area contributed by atoms with E-state index in [1.807, 2.05) is 10.9 Å². The summed E-state index contributed by atoms with van der Waals surface area (Å²) in [5.41, 5.74) is 0.669. The lowest BCUT2D eigenvalue weighted by atomic mass is 10.1. The predicted molar refractivity (Wildman–Crippen MR) is 71.1 cm³/mol. The van der Waals surface area contributed by atoms with Gasteiger partial charge in [0, 0.05) is 25.8 Å². The quantitative estimate of drug-likeness (QED) is 0.840. The van der Waals surface area contributed by atoms with Crippen molar-refractivity contribution in [3.63, 3.8) is 0 Å². The minimum absolute atomic E-state index is 0.0666. The van der Waals surface area contributed by atoms with Crippen LogP contribution < -0.4 is 10.6 Å². The molecule has 1 aromatic heterocycles. The van der Waals surface area contributed by atoms with Gasteiger partial charge in [0.1, 0.15) is 6.04 Å². The fraction of sp³-hybridized carbons (Fsp3) is 0.615. The number of nitrogens with zero attached hydrogens (tertiary/aromatic N) is 2. The molecular weight excluding hydrogens is 260 g/mol. The lowest BCUT2D eigenvalue weighted by molar-refractivity contribution is -0.122. The Balaban J connectivity index is 1.59. The van der Waals surface area contributed by atoms with Gasteiger partial charge in [0.25, 0.3) is 0 Å². The second kappa shape index (κ2) is 5.62. The zero-order valence-corrected chi connectivity index (χ0v) is 11.2. The number of anilines is 1. The van der Waals surface area contributed by atoms with E-state index in [1.165, 1.54) is 0 Å². The van der Waals surface area contributed by atoms with Gasteiger partial charge in [0.2, 0.25) is 11.8 Å². The highest BCUT2D eigenvalue weighted by Gasteiger charge is 2.27. The zero-order valence-electron chi connectivity index (χ0n) is 11.2. The van der Waals surface area contributed by atoms with Gasteiger partial charge < -0.3 is 15.4 Å². The predicted octanol–water partition coefficient (Wildman–Crippen LogP) is 0.452. The van der Waals surface area contributed by atoms with E-state index in [0.717, 1.165) is 26.1 Å². The van der Waals surface area contributed by atoms with Gasteiger partial charge in [-0.1, -0.05) is 0 Å². The molecule has 1 atom stereocenters. The number of nitrogens with one attached hydrogen (secondary N) is 2. The maximum absolute atomic E-state index is 12.0. The molecule has 7 nitrogen and oxygen atoms in total. The first-order valence-electron chi connectivity index (χ1n) is 6.94. The molecule has 7 heteroatoms. The molecule has 1 aromatic rings. The van der Waals surface area contributed by atoms with Crippen LogP contribution in [-0.2, 0) is 14.3 Å². The van der Waals surface area contributed by atoms with Gasteiger partial charge >= 0.3 is 0 Å². The van der Waals surface area contributed by atoms with Crippen molar-refractivity contribution in [1.82, 2.24) is 15.1 Å². The van der Waals surface area contributed by atoms with E-state index in [9.17, 15) is 9.59 Å². The van der Waals surface area contributed by atoms with Crippen molar-refractivity contribution in [3.05, 3.63) is 12.4 Å². The summed E-state index contributed by atoms with van der Waals surface area (Å²) >= 11 is 0. The molecule has 0 spiro atoms. The Labute approximate surface area is 116 Å². The number of hydrogen-bond acceptors (Lipinski definition) is 4. The molecule has 2 amide bonds. The Morgan fingerprint density at radius 3 is 2.90 bits per heavy atom. The first kappa shape index (κ1) is 13.1. The van der Waals surface area contributed by atoms with E-state index >= 15 is 0 Å². The standard InChI is InChI=1S/C13H18N4O3/c18-12-2-1-11(16-12)13(19)15-9-7-14-17(8-9)10-3-5-20-6-4-10/h7-8,10-11H,1-6H2,(H,15,19)(H,16,18)/t11-/m1/s1. The number of hydrogen-bond donors (Lipinski definition) is 2. The Kier molecular flexibility index (Phi) is 3.68. The number of rotatable bonds is 3.